The fourth-order valence-corrected chi connectivity index (χ4v) is 5.48. The second-order valence-electron chi connectivity index (χ2n) is 10.7. The summed E-state index contributed by atoms with van der Waals surface area (Å²) in [6.45, 7) is 4.59. The summed E-state index contributed by atoms with van der Waals surface area (Å²) in [5, 5.41) is 15.3. The molecule has 4 aromatic carbocycles. The number of carbonyl (C=O) groups is 3. The number of anilines is 3. The zero-order chi connectivity index (χ0) is 31.2. The van der Waals surface area contributed by atoms with Crippen LogP contribution in [0.1, 0.15) is 40.2 Å². The molecule has 0 saturated heterocycles. The Hall–Kier alpha value is -5.31. The van der Waals surface area contributed by atoms with E-state index in [1.165, 1.54) is 7.11 Å². The maximum Gasteiger partial charge on any atom is 0.323 e. The van der Waals surface area contributed by atoms with E-state index in [1.807, 2.05) is 80.6 Å². The van der Waals surface area contributed by atoms with Crippen LogP contribution in [0.5, 0.6) is 11.5 Å². The number of para-hydroxylation sites is 1. The highest BCUT2D eigenvalue weighted by Crippen LogP contribution is 2.38. The van der Waals surface area contributed by atoms with Crippen LogP contribution in [0, 0.1) is 13.8 Å². The number of nitrogens with zero attached hydrogens (tertiary/aromatic N) is 1. The maximum absolute atomic E-state index is 13.5. The van der Waals surface area contributed by atoms with Crippen LogP contribution in [0.2, 0.25) is 0 Å². The molecule has 1 aliphatic rings. The molecule has 0 aliphatic carbocycles. The second kappa shape index (κ2) is 13.3. The Morgan fingerprint density at radius 2 is 1.64 bits per heavy atom. The Labute approximate surface area is 256 Å². The number of hydrogen-bond acceptors (Lipinski definition) is 5. The van der Waals surface area contributed by atoms with Gasteiger partial charge in [-0.1, -0.05) is 54.6 Å². The van der Waals surface area contributed by atoms with Gasteiger partial charge in [0.1, 0.15) is 18.1 Å². The average Bonchev–Trinajstić information content (AvgIpc) is 3.01. The first-order valence-corrected chi connectivity index (χ1v) is 14.4. The summed E-state index contributed by atoms with van der Waals surface area (Å²) in [5.74, 6) is -0.390. The molecule has 226 valence electrons. The van der Waals surface area contributed by atoms with Crippen molar-refractivity contribution in [1.82, 2.24) is 0 Å². The molecule has 0 saturated carbocycles. The summed E-state index contributed by atoms with van der Waals surface area (Å²) in [5.41, 5.74) is 6.26. The molecule has 0 radical (unpaired) electrons. The number of rotatable bonds is 9. The topological polar surface area (TPSA) is 117 Å². The van der Waals surface area contributed by atoms with Crippen molar-refractivity contribution in [3.05, 3.63) is 113 Å². The fourth-order valence-electron chi connectivity index (χ4n) is 5.48. The van der Waals surface area contributed by atoms with Crippen molar-refractivity contribution in [3.63, 3.8) is 0 Å². The van der Waals surface area contributed by atoms with Crippen LogP contribution in [0.4, 0.5) is 21.9 Å². The van der Waals surface area contributed by atoms with Crippen molar-refractivity contribution in [1.29, 1.82) is 0 Å². The number of ether oxygens (including phenoxy) is 2. The molecular weight excluding hydrogens is 558 g/mol. The first kappa shape index (κ1) is 30.2. The van der Waals surface area contributed by atoms with Gasteiger partial charge in [0.15, 0.2) is 0 Å². The number of aryl methyl sites for hydroxylation is 2. The van der Waals surface area contributed by atoms with E-state index < -0.39 is 12.0 Å². The van der Waals surface area contributed by atoms with E-state index in [2.05, 4.69) is 10.6 Å². The van der Waals surface area contributed by atoms with Crippen LogP contribution in [-0.2, 0) is 16.0 Å². The Bertz CT molecular complexity index is 1700. The van der Waals surface area contributed by atoms with Gasteiger partial charge in [-0.3, -0.25) is 9.59 Å². The van der Waals surface area contributed by atoms with Crippen LogP contribution in [0.3, 0.4) is 0 Å². The number of nitrogens with one attached hydrogen (secondary N) is 2. The molecule has 3 amide bonds. The molecule has 9 nitrogen and oxygen atoms in total. The quantitative estimate of drug-likeness (QED) is 0.203. The summed E-state index contributed by atoms with van der Waals surface area (Å²) in [4.78, 5) is 39.6. The van der Waals surface area contributed by atoms with Gasteiger partial charge in [-0.05, 0) is 72.0 Å². The average molecular weight is 594 g/mol. The zero-order valence-electron chi connectivity index (χ0n) is 24.9. The third-order valence-corrected chi connectivity index (χ3v) is 7.76. The fraction of sp³-hybridized carbons (Fsp3) is 0.229. The summed E-state index contributed by atoms with van der Waals surface area (Å²) in [6.07, 6.45) is 0.0462. The molecule has 4 aromatic rings. The van der Waals surface area contributed by atoms with E-state index in [0.717, 1.165) is 27.8 Å². The van der Waals surface area contributed by atoms with E-state index in [-0.39, 0.29) is 24.7 Å². The van der Waals surface area contributed by atoms with E-state index >= 15 is 0 Å². The molecule has 44 heavy (non-hydrogen) atoms. The van der Waals surface area contributed by atoms with Crippen molar-refractivity contribution < 1.29 is 29.0 Å². The monoisotopic (exact) mass is 593 g/mol. The minimum atomic E-state index is -0.891. The van der Waals surface area contributed by atoms with E-state index in [1.54, 1.807) is 23.1 Å². The lowest BCUT2D eigenvalue weighted by molar-refractivity contribution is -0.137. The molecule has 0 aromatic heterocycles. The Kier molecular flexibility index (Phi) is 9.14. The summed E-state index contributed by atoms with van der Waals surface area (Å²) in [7, 11) is 1.51. The number of carboxylic acids is 1. The van der Waals surface area contributed by atoms with Gasteiger partial charge >= 0.3 is 12.0 Å². The molecule has 0 fully saturated rings. The van der Waals surface area contributed by atoms with Gasteiger partial charge in [-0.15, -0.1) is 0 Å². The van der Waals surface area contributed by atoms with Gasteiger partial charge < -0.3 is 30.1 Å². The van der Waals surface area contributed by atoms with E-state index in [4.69, 9.17) is 9.47 Å². The number of amides is 3. The van der Waals surface area contributed by atoms with Gasteiger partial charge in [0, 0.05) is 11.6 Å². The lowest BCUT2D eigenvalue weighted by Crippen LogP contribution is -2.39. The number of aliphatic carboxylic acids is 1. The van der Waals surface area contributed by atoms with Crippen LogP contribution < -0.4 is 25.0 Å². The SMILES string of the molecule is COc1cc(CC(=O)N2CCOc3cc([C@@H](CC(=O)O)c4ccccc4C)ccc32)ccc1NC(=O)Nc1ccccc1C. The van der Waals surface area contributed by atoms with Crippen LogP contribution in [-0.4, -0.2) is 43.3 Å². The van der Waals surface area contributed by atoms with Gasteiger partial charge in [-0.2, -0.15) is 0 Å². The molecule has 9 heteroatoms. The number of benzene rings is 4. The minimum Gasteiger partial charge on any atom is -0.495 e. The van der Waals surface area contributed by atoms with Gasteiger partial charge in [0.25, 0.3) is 0 Å². The summed E-state index contributed by atoms with van der Waals surface area (Å²) >= 11 is 0. The zero-order valence-corrected chi connectivity index (χ0v) is 24.9. The standard InChI is InChI=1S/C35H35N3O6/c1-22-8-4-6-10-26(22)27(21-34(40)41)25-13-15-30-32(20-25)44-17-16-38(30)33(39)19-24-12-14-29(31(18-24)43-3)37-35(42)36-28-11-7-5-9-23(28)2/h4-15,18,20,27H,16-17,19,21H2,1-3H3,(H,40,41)(H2,36,37,42)/t27-/m1/s1. The van der Waals surface area contributed by atoms with Crippen molar-refractivity contribution >= 4 is 35.0 Å². The van der Waals surface area contributed by atoms with E-state index in [0.29, 0.717) is 41.7 Å². The van der Waals surface area contributed by atoms with Gasteiger partial charge in [0.2, 0.25) is 5.91 Å². The molecule has 0 bridgehead atoms. The normalized spacial score (nSPS) is 12.8. The lowest BCUT2D eigenvalue weighted by Gasteiger charge is -2.31. The predicted molar refractivity (Wildman–Crippen MR) is 170 cm³/mol. The molecular formula is C35H35N3O6. The van der Waals surface area contributed by atoms with Gasteiger partial charge in [0.05, 0.1) is 37.9 Å². The first-order chi connectivity index (χ1) is 21.2. The van der Waals surface area contributed by atoms with Crippen LogP contribution in [0.25, 0.3) is 0 Å². The molecule has 5 rings (SSSR count). The summed E-state index contributed by atoms with van der Waals surface area (Å²) in [6, 6.07) is 25.6. The Balaban J connectivity index is 1.31. The van der Waals surface area contributed by atoms with Crippen LogP contribution >= 0.6 is 0 Å². The number of carboxylic acid groups (broad SMARTS) is 1. The Morgan fingerprint density at radius 1 is 0.909 bits per heavy atom. The molecule has 0 unspecified atom stereocenters. The number of carbonyl (C=O) groups excluding carboxylic acids is 2. The summed E-state index contributed by atoms with van der Waals surface area (Å²) < 4.78 is 11.5. The highest BCUT2D eigenvalue weighted by molar-refractivity contribution is 6.01. The first-order valence-electron chi connectivity index (χ1n) is 14.4. The number of hydrogen-bond donors (Lipinski definition) is 3. The number of fused-ring (bicyclic) bond motifs is 1. The Morgan fingerprint density at radius 3 is 2.36 bits per heavy atom. The van der Waals surface area contributed by atoms with Crippen molar-refractivity contribution in [2.24, 2.45) is 0 Å². The number of methoxy groups -OCH3 is 1. The van der Waals surface area contributed by atoms with E-state index in [9.17, 15) is 19.5 Å². The van der Waals surface area contributed by atoms with Crippen molar-refractivity contribution in [3.8, 4) is 11.5 Å². The molecule has 1 aliphatic heterocycles. The van der Waals surface area contributed by atoms with Gasteiger partial charge in [-0.25, -0.2) is 4.79 Å². The van der Waals surface area contributed by atoms with Crippen molar-refractivity contribution in [2.45, 2.75) is 32.6 Å². The maximum atomic E-state index is 13.5. The molecule has 3 N–H and O–H groups in total. The van der Waals surface area contributed by atoms with Crippen molar-refractivity contribution in [2.75, 3.05) is 35.8 Å². The number of urea groups is 1. The van der Waals surface area contributed by atoms with Crippen LogP contribution in [0.15, 0.2) is 84.9 Å². The highest BCUT2D eigenvalue weighted by Gasteiger charge is 2.27. The molecule has 0 spiro atoms. The second-order valence-corrected chi connectivity index (χ2v) is 10.7. The predicted octanol–water partition coefficient (Wildman–Crippen LogP) is 6.53. The molecule has 1 heterocycles. The lowest BCUT2D eigenvalue weighted by atomic mass is 9.85. The largest absolute Gasteiger partial charge is 0.495 e. The third-order valence-electron chi connectivity index (χ3n) is 7.76. The minimum absolute atomic E-state index is 0.0630. The highest BCUT2D eigenvalue weighted by atomic mass is 16.5. The third kappa shape index (κ3) is 6.83. The molecule has 1 atom stereocenters. The smallest absolute Gasteiger partial charge is 0.323 e.